The Morgan fingerprint density at radius 1 is 1.50 bits per heavy atom. The number of alkyl halides is 3. The highest BCUT2D eigenvalue weighted by Crippen LogP contribution is 2.30. The highest BCUT2D eigenvalue weighted by molar-refractivity contribution is 8.00. The van der Waals surface area contributed by atoms with Crippen molar-refractivity contribution in [2.75, 3.05) is 5.75 Å². The lowest BCUT2D eigenvalue weighted by Gasteiger charge is -2.05. The van der Waals surface area contributed by atoms with E-state index in [1.807, 2.05) is 17.5 Å². The molecular weight excluding hydrogens is 259 g/mol. The van der Waals surface area contributed by atoms with Gasteiger partial charge in [0.25, 0.3) is 0 Å². The number of thioether (sulfide) groups is 1. The van der Waals surface area contributed by atoms with Gasteiger partial charge in [0.2, 0.25) is 5.91 Å². The molecular formula is C9H10F3NOS2. The molecule has 0 fully saturated rings. The van der Waals surface area contributed by atoms with Gasteiger partial charge in [-0.3, -0.25) is 4.79 Å². The molecule has 0 unspecified atom stereocenters. The maximum absolute atomic E-state index is 11.7. The molecule has 0 saturated heterocycles. The van der Waals surface area contributed by atoms with Gasteiger partial charge in [-0.15, -0.1) is 11.3 Å². The van der Waals surface area contributed by atoms with E-state index in [0.717, 1.165) is 4.88 Å². The van der Waals surface area contributed by atoms with Crippen molar-refractivity contribution >= 4 is 29.0 Å². The molecule has 0 atom stereocenters. The highest BCUT2D eigenvalue weighted by atomic mass is 32.2. The average molecular weight is 269 g/mol. The van der Waals surface area contributed by atoms with Crippen molar-refractivity contribution in [3.63, 3.8) is 0 Å². The van der Waals surface area contributed by atoms with Crippen molar-refractivity contribution in [1.82, 2.24) is 5.32 Å². The first kappa shape index (κ1) is 13.4. The summed E-state index contributed by atoms with van der Waals surface area (Å²) in [6, 6.07) is 3.71. The molecule has 0 aromatic carbocycles. The molecule has 0 aliphatic rings. The zero-order chi connectivity index (χ0) is 12.0. The lowest BCUT2D eigenvalue weighted by atomic mass is 10.4. The van der Waals surface area contributed by atoms with Crippen LogP contribution in [-0.4, -0.2) is 17.2 Å². The number of carbonyl (C=O) groups excluding carboxylic acids is 1. The monoisotopic (exact) mass is 269 g/mol. The lowest BCUT2D eigenvalue weighted by molar-refractivity contribution is -0.120. The van der Waals surface area contributed by atoms with E-state index in [9.17, 15) is 18.0 Å². The summed E-state index contributed by atoms with van der Waals surface area (Å²) < 4.78 is 35.2. The third kappa shape index (κ3) is 6.02. The van der Waals surface area contributed by atoms with Gasteiger partial charge < -0.3 is 5.32 Å². The third-order valence-electron chi connectivity index (χ3n) is 1.63. The topological polar surface area (TPSA) is 29.1 Å². The summed E-state index contributed by atoms with van der Waals surface area (Å²) in [4.78, 5) is 12.1. The molecule has 1 amide bonds. The van der Waals surface area contributed by atoms with Gasteiger partial charge in [0, 0.05) is 17.1 Å². The molecule has 0 aliphatic heterocycles. The summed E-state index contributed by atoms with van der Waals surface area (Å²) in [6.07, 6.45) is -0.116. The predicted octanol–water partition coefficient (Wildman–Crippen LogP) is 3.01. The molecule has 90 valence electrons. The van der Waals surface area contributed by atoms with Gasteiger partial charge in [0.1, 0.15) is 0 Å². The number of halogens is 3. The molecule has 16 heavy (non-hydrogen) atoms. The van der Waals surface area contributed by atoms with Gasteiger partial charge in [-0.25, -0.2) is 0 Å². The smallest absolute Gasteiger partial charge is 0.351 e. The number of rotatable bonds is 5. The fraction of sp³-hybridized carbons (Fsp3) is 0.444. The van der Waals surface area contributed by atoms with Crippen molar-refractivity contribution in [2.45, 2.75) is 18.5 Å². The van der Waals surface area contributed by atoms with E-state index in [1.54, 1.807) is 0 Å². The molecule has 1 aromatic rings. The normalized spacial score (nSPS) is 11.4. The summed E-state index contributed by atoms with van der Waals surface area (Å²) in [5, 5.41) is 4.44. The maximum Gasteiger partial charge on any atom is 0.441 e. The van der Waals surface area contributed by atoms with E-state index in [2.05, 4.69) is 5.32 Å². The van der Waals surface area contributed by atoms with Crippen LogP contribution in [0.15, 0.2) is 17.5 Å². The zero-order valence-corrected chi connectivity index (χ0v) is 9.85. The van der Waals surface area contributed by atoms with E-state index >= 15 is 0 Å². The molecule has 0 spiro atoms. The molecule has 1 N–H and O–H groups in total. The minimum absolute atomic E-state index is 0.116. The molecule has 7 heteroatoms. The molecule has 1 rings (SSSR count). The van der Waals surface area contributed by atoms with Crippen LogP contribution in [0, 0.1) is 0 Å². The van der Waals surface area contributed by atoms with Crippen molar-refractivity contribution in [2.24, 2.45) is 0 Å². The van der Waals surface area contributed by atoms with E-state index in [1.165, 1.54) is 11.3 Å². The Balaban J connectivity index is 2.12. The number of carbonyl (C=O) groups is 1. The van der Waals surface area contributed by atoms with Crippen molar-refractivity contribution in [1.29, 1.82) is 0 Å². The quantitative estimate of drug-likeness (QED) is 0.890. The Bertz CT molecular complexity index is 324. The summed E-state index contributed by atoms with van der Waals surface area (Å²) in [5.41, 5.74) is -4.26. The second kappa shape index (κ2) is 6.15. The molecule has 1 heterocycles. The number of hydrogen-bond acceptors (Lipinski definition) is 3. The van der Waals surface area contributed by atoms with Crippen LogP contribution in [-0.2, 0) is 11.3 Å². The number of amides is 1. The molecule has 2 nitrogen and oxygen atoms in total. The van der Waals surface area contributed by atoms with Crippen LogP contribution in [0.4, 0.5) is 13.2 Å². The van der Waals surface area contributed by atoms with Crippen molar-refractivity contribution in [3.8, 4) is 0 Å². The molecule has 1 aromatic heterocycles. The van der Waals surface area contributed by atoms with Crippen LogP contribution in [0.2, 0.25) is 0 Å². The van der Waals surface area contributed by atoms with E-state index in [0.29, 0.717) is 6.54 Å². The Kier molecular flexibility index (Phi) is 5.14. The summed E-state index contributed by atoms with van der Waals surface area (Å²) in [6.45, 7) is 0.382. The SMILES string of the molecule is O=C(CCSC(F)(F)F)NCc1cccs1. The summed E-state index contributed by atoms with van der Waals surface area (Å²) >= 11 is 1.32. The molecule has 0 saturated carbocycles. The Morgan fingerprint density at radius 2 is 2.25 bits per heavy atom. The number of thiophene rings is 1. The second-order valence-electron chi connectivity index (χ2n) is 2.90. The Morgan fingerprint density at radius 3 is 2.81 bits per heavy atom. The maximum atomic E-state index is 11.7. The van der Waals surface area contributed by atoms with Crippen LogP contribution >= 0.6 is 23.1 Å². The lowest BCUT2D eigenvalue weighted by Crippen LogP contribution is -2.23. The van der Waals surface area contributed by atoms with Crippen molar-refractivity contribution in [3.05, 3.63) is 22.4 Å². The van der Waals surface area contributed by atoms with Crippen LogP contribution < -0.4 is 5.32 Å². The second-order valence-corrected chi connectivity index (χ2v) is 5.09. The van der Waals surface area contributed by atoms with Gasteiger partial charge in [-0.2, -0.15) is 13.2 Å². The largest absolute Gasteiger partial charge is 0.441 e. The minimum atomic E-state index is -4.26. The summed E-state index contributed by atoms with van der Waals surface area (Å²) in [5.74, 6) is -0.593. The number of nitrogens with one attached hydrogen (secondary N) is 1. The fourth-order valence-electron chi connectivity index (χ4n) is 0.947. The van der Waals surface area contributed by atoms with Crippen LogP contribution in [0.25, 0.3) is 0 Å². The van der Waals surface area contributed by atoms with Crippen LogP contribution in [0.1, 0.15) is 11.3 Å². The van der Waals surface area contributed by atoms with Crippen LogP contribution in [0.3, 0.4) is 0 Å². The Hall–Kier alpha value is -0.690. The number of hydrogen-bond donors (Lipinski definition) is 1. The molecule has 0 aliphatic carbocycles. The van der Waals surface area contributed by atoms with Gasteiger partial charge >= 0.3 is 5.51 Å². The first-order valence-corrected chi connectivity index (χ1v) is 6.33. The first-order chi connectivity index (χ1) is 7.47. The summed E-state index contributed by atoms with van der Waals surface area (Å²) in [7, 11) is 0. The highest BCUT2D eigenvalue weighted by Gasteiger charge is 2.27. The zero-order valence-electron chi connectivity index (χ0n) is 8.21. The third-order valence-corrected chi connectivity index (χ3v) is 3.25. The fourth-order valence-corrected chi connectivity index (χ4v) is 2.11. The standard InChI is InChI=1S/C9H10F3NOS2/c10-9(11,12)16-5-3-8(14)13-6-7-2-1-4-15-7/h1-2,4H,3,5-6H2,(H,13,14). The van der Waals surface area contributed by atoms with Crippen molar-refractivity contribution < 1.29 is 18.0 Å². The van der Waals surface area contributed by atoms with E-state index in [4.69, 9.17) is 0 Å². The van der Waals surface area contributed by atoms with Gasteiger partial charge in [0.05, 0.1) is 6.54 Å². The van der Waals surface area contributed by atoms with E-state index in [-0.39, 0.29) is 29.8 Å². The molecule has 0 radical (unpaired) electrons. The van der Waals surface area contributed by atoms with Gasteiger partial charge in [0.15, 0.2) is 0 Å². The molecule has 0 bridgehead atoms. The van der Waals surface area contributed by atoms with Crippen LogP contribution in [0.5, 0.6) is 0 Å². The predicted molar refractivity (Wildman–Crippen MR) is 59.3 cm³/mol. The Labute approximate surface area is 99.2 Å². The minimum Gasteiger partial charge on any atom is -0.351 e. The van der Waals surface area contributed by atoms with Gasteiger partial charge in [-0.05, 0) is 11.4 Å². The first-order valence-electron chi connectivity index (χ1n) is 4.47. The van der Waals surface area contributed by atoms with E-state index < -0.39 is 5.51 Å². The van der Waals surface area contributed by atoms with Gasteiger partial charge in [-0.1, -0.05) is 17.8 Å². The average Bonchev–Trinajstić information content (AvgIpc) is 2.65.